The molecule has 3 aromatic heterocycles. The van der Waals surface area contributed by atoms with Crippen LogP contribution in [0.3, 0.4) is 0 Å². The summed E-state index contributed by atoms with van der Waals surface area (Å²) in [6, 6.07) is 8.90. The summed E-state index contributed by atoms with van der Waals surface area (Å²) < 4.78 is 12.9. The molecule has 1 aliphatic carbocycles. The number of nitrogens with one attached hydrogen (secondary N) is 1. The van der Waals surface area contributed by atoms with Crippen molar-refractivity contribution >= 4 is 17.7 Å². The first-order valence-electron chi connectivity index (χ1n) is 11.1. The van der Waals surface area contributed by atoms with Gasteiger partial charge in [0.05, 0.1) is 11.8 Å². The predicted octanol–water partition coefficient (Wildman–Crippen LogP) is 4.47. The van der Waals surface area contributed by atoms with E-state index < -0.39 is 18.5 Å². The zero-order chi connectivity index (χ0) is 24.1. The monoisotopic (exact) mass is 459 g/mol. The molecule has 0 aromatic carbocycles. The van der Waals surface area contributed by atoms with Gasteiger partial charge in [0.2, 0.25) is 5.88 Å². The molecular formula is C25H25N5O4. The lowest BCUT2D eigenvalue weighted by Gasteiger charge is -2.19. The summed E-state index contributed by atoms with van der Waals surface area (Å²) in [5.74, 6) is -0.349. The maximum atomic E-state index is 12.7. The molecule has 9 nitrogen and oxygen atoms in total. The number of pyridine rings is 2. The highest BCUT2D eigenvalue weighted by molar-refractivity contribution is 5.97. The lowest BCUT2D eigenvalue weighted by molar-refractivity contribution is -0.119. The number of esters is 1. The molecule has 1 N–H and O–H groups in total. The predicted molar refractivity (Wildman–Crippen MR) is 124 cm³/mol. The van der Waals surface area contributed by atoms with Crippen molar-refractivity contribution in [2.24, 2.45) is 0 Å². The molecule has 1 aliphatic rings. The van der Waals surface area contributed by atoms with Crippen LogP contribution in [0.1, 0.15) is 58.9 Å². The molecule has 4 rings (SSSR count). The number of aromatic nitrogens is 3. The SMILES string of the molecule is Cc1c(C#N)c(NC(=O)COC(=O)c2cccnc2Oc2cccnc2)n(C2CCCC2)c1C. The summed E-state index contributed by atoms with van der Waals surface area (Å²) in [4.78, 5) is 33.4. The fraction of sp³-hybridized carbons (Fsp3) is 0.320. The maximum Gasteiger partial charge on any atom is 0.344 e. The van der Waals surface area contributed by atoms with Crippen LogP contribution >= 0.6 is 0 Å². The number of amides is 1. The number of hydrogen-bond donors (Lipinski definition) is 1. The smallest absolute Gasteiger partial charge is 0.344 e. The van der Waals surface area contributed by atoms with Crippen molar-refractivity contribution in [1.82, 2.24) is 14.5 Å². The number of nitriles is 1. The standard InChI is InChI=1S/C25H25N5O4/c1-16-17(2)30(18-7-3-4-8-18)23(21(16)13-26)29-22(31)15-33-25(32)20-10-6-12-28-24(20)34-19-9-5-11-27-14-19/h5-6,9-12,14,18H,3-4,7-8,15H2,1-2H3,(H,29,31). The minimum absolute atomic E-state index is 0.0500. The first kappa shape index (κ1) is 23.0. The van der Waals surface area contributed by atoms with Crippen LogP contribution in [0.2, 0.25) is 0 Å². The molecule has 1 fully saturated rings. The molecule has 0 aliphatic heterocycles. The van der Waals surface area contributed by atoms with Gasteiger partial charge in [-0.25, -0.2) is 9.78 Å². The van der Waals surface area contributed by atoms with Crippen LogP contribution < -0.4 is 10.1 Å². The first-order chi connectivity index (χ1) is 16.5. The van der Waals surface area contributed by atoms with Gasteiger partial charge in [0.25, 0.3) is 5.91 Å². The van der Waals surface area contributed by atoms with Crippen LogP contribution in [0.4, 0.5) is 5.82 Å². The zero-order valence-electron chi connectivity index (χ0n) is 19.1. The molecule has 9 heteroatoms. The highest BCUT2D eigenvalue weighted by Crippen LogP contribution is 2.37. The molecule has 34 heavy (non-hydrogen) atoms. The van der Waals surface area contributed by atoms with Gasteiger partial charge in [0, 0.05) is 24.1 Å². The molecule has 0 bridgehead atoms. The van der Waals surface area contributed by atoms with Gasteiger partial charge in [-0.2, -0.15) is 5.26 Å². The Kier molecular flexibility index (Phi) is 6.87. The number of rotatable bonds is 7. The fourth-order valence-electron chi connectivity index (χ4n) is 4.23. The van der Waals surface area contributed by atoms with E-state index in [1.807, 2.05) is 18.4 Å². The van der Waals surface area contributed by atoms with Crippen LogP contribution in [-0.2, 0) is 9.53 Å². The summed E-state index contributed by atoms with van der Waals surface area (Å²) in [5, 5.41) is 12.5. The molecular weight excluding hydrogens is 434 g/mol. The molecule has 0 atom stereocenters. The van der Waals surface area contributed by atoms with Crippen LogP contribution in [0, 0.1) is 25.2 Å². The van der Waals surface area contributed by atoms with Gasteiger partial charge >= 0.3 is 5.97 Å². The number of carbonyl (C=O) groups excluding carboxylic acids is 2. The van der Waals surface area contributed by atoms with Crippen molar-refractivity contribution < 1.29 is 19.1 Å². The molecule has 0 unspecified atom stereocenters. The van der Waals surface area contributed by atoms with E-state index in [4.69, 9.17) is 9.47 Å². The molecule has 3 aromatic rings. The normalized spacial score (nSPS) is 13.3. The van der Waals surface area contributed by atoms with Crippen LogP contribution in [0.5, 0.6) is 11.6 Å². The van der Waals surface area contributed by atoms with Gasteiger partial charge in [-0.05, 0) is 56.5 Å². The summed E-state index contributed by atoms with van der Waals surface area (Å²) in [7, 11) is 0. The van der Waals surface area contributed by atoms with E-state index in [0.717, 1.165) is 36.9 Å². The Morgan fingerprint density at radius 1 is 1.21 bits per heavy atom. The average molecular weight is 460 g/mol. The summed E-state index contributed by atoms with van der Waals surface area (Å²) >= 11 is 0. The van der Waals surface area contributed by atoms with E-state index in [1.165, 1.54) is 18.5 Å². The van der Waals surface area contributed by atoms with Gasteiger partial charge in [-0.3, -0.25) is 9.78 Å². The quantitative estimate of drug-likeness (QED) is 0.518. The van der Waals surface area contributed by atoms with E-state index in [2.05, 4.69) is 21.4 Å². The number of anilines is 1. The summed E-state index contributed by atoms with van der Waals surface area (Å²) in [6.07, 6.45) is 8.80. The number of hydrogen-bond acceptors (Lipinski definition) is 7. The van der Waals surface area contributed by atoms with Crippen LogP contribution in [-0.4, -0.2) is 33.0 Å². The minimum atomic E-state index is -0.749. The first-order valence-corrected chi connectivity index (χ1v) is 11.1. The maximum absolute atomic E-state index is 12.7. The van der Waals surface area contributed by atoms with Crippen molar-refractivity contribution in [3.8, 4) is 17.7 Å². The van der Waals surface area contributed by atoms with Crippen molar-refractivity contribution in [2.75, 3.05) is 11.9 Å². The molecule has 1 saturated carbocycles. The topological polar surface area (TPSA) is 119 Å². The number of nitrogens with zero attached hydrogens (tertiary/aromatic N) is 4. The molecule has 3 heterocycles. The Morgan fingerprint density at radius 2 is 1.97 bits per heavy atom. The van der Waals surface area contributed by atoms with Gasteiger partial charge in [-0.15, -0.1) is 0 Å². The summed E-state index contributed by atoms with van der Waals surface area (Å²) in [6.45, 7) is 3.32. The van der Waals surface area contributed by atoms with Gasteiger partial charge in [0.15, 0.2) is 6.61 Å². The van der Waals surface area contributed by atoms with E-state index >= 15 is 0 Å². The Hall–Kier alpha value is -4.19. The second-order valence-corrected chi connectivity index (χ2v) is 8.13. The van der Waals surface area contributed by atoms with Crippen molar-refractivity contribution in [2.45, 2.75) is 45.6 Å². The lowest BCUT2D eigenvalue weighted by Crippen LogP contribution is -2.24. The van der Waals surface area contributed by atoms with E-state index in [9.17, 15) is 14.9 Å². The third-order valence-electron chi connectivity index (χ3n) is 5.99. The van der Waals surface area contributed by atoms with Gasteiger partial charge < -0.3 is 19.4 Å². The molecule has 0 spiro atoms. The van der Waals surface area contributed by atoms with Crippen LogP contribution in [0.15, 0.2) is 42.9 Å². The second-order valence-electron chi connectivity index (χ2n) is 8.13. The Balaban J connectivity index is 1.46. The lowest BCUT2D eigenvalue weighted by atomic mass is 10.2. The number of carbonyl (C=O) groups is 2. The van der Waals surface area contributed by atoms with Crippen molar-refractivity contribution in [3.05, 3.63) is 65.2 Å². The zero-order valence-corrected chi connectivity index (χ0v) is 19.1. The highest BCUT2D eigenvalue weighted by Gasteiger charge is 2.27. The number of ether oxygens (including phenoxy) is 2. The van der Waals surface area contributed by atoms with E-state index in [0.29, 0.717) is 17.1 Å². The minimum Gasteiger partial charge on any atom is -0.452 e. The average Bonchev–Trinajstić information content (AvgIpc) is 3.45. The molecule has 1 amide bonds. The Labute approximate surface area is 197 Å². The van der Waals surface area contributed by atoms with Crippen molar-refractivity contribution in [1.29, 1.82) is 5.26 Å². The third-order valence-corrected chi connectivity index (χ3v) is 5.99. The van der Waals surface area contributed by atoms with E-state index in [1.54, 1.807) is 24.4 Å². The fourth-order valence-corrected chi connectivity index (χ4v) is 4.23. The van der Waals surface area contributed by atoms with Gasteiger partial charge in [0.1, 0.15) is 23.2 Å². The largest absolute Gasteiger partial charge is 0.452 e. The highest BCUT2D eigenvalue weighted by atomic mass is 16.5. The Morgan fingerprint density at radius 3 is 2.68 bits per heavy atom. The second kappa shape index (κ2) is 10.2. The molecule has 0 radical (unpaired) electrons. The third kappa shape index (κ3) is 4.76. The summed E-state index contributed by atoms with van der Waals surface area (Å²) in [5.41, 5.74) is 2.32. The van der Waals surface area contributed by atoms with Crippen LogP contribution in [0.25, 0.3) is 0 Å². The van der Waals surface area contributed by atoms with Crippen molar-refractivity contribution in [3.63, 3.8) is 0 Å². The molecule has 174 valence electrons. The molecule has 0 saturated heterocycles. The Bertz CT molecular complexity index is 1240. The van der Waals surface area contributed by atoms with Gasteiger partial charge in [-0.1, -0.05) is 12.8 Å². The van der Waals surface area contributed by atoms with E-state index in [-0.39, 0.29) is 17.5 Å².